The van der Waals surface area contributed by atoms with Crippen molar-refractivity contribution in [2.45, 2.75) is 31.5 Å². The molecule has 4 heteroatoms. The number of benzene rings is 1. The molecule has 86 valence electrons. The Kier molecular flexibility index (Phi) is 3.08. The van der Waals surface area contributed by atoms with Crippen molar-refractivity contribution >= 4 is 5.91 Å². The van der Waals surface area contributed by atoms with Gasteiger partial charge in [-0.15, -0.1) is 0 Å². The number of hydrogen-bond acceptors (Lipinski definition) is 2. The first-order valence-electron chi connectivity index (χ1n) is 5.39. The number of phenolic OH excluding ortho intramolecular Hbond substituents is 1. The van der Waals surface area contributed by atoms with Gasteiger partial charge in [-0.2, -0.15) is 0 Å². The number of aromatic hydroxyl groups is 1. The number of halogens is 1. The molecular formula is C12H14FNO2. The fourth-order valence-electron chi connectivity index (χ4n) is 1.97. The normalized spacial score (nSPS) is 24.3. The molecule has 1 amide bonds. The van der Waals surface area contributed by atoms with Gasteiger partial charge in [0.25, 0.3) is 5.91 Å². The molecule has 16 heavy (non-hydrogen) atoms. The Hall–Kier alpha value is -1.58. The van der Waals surface area contributed by atoms with Crippen LogP contribution in [0.25, 0.3) is 0 Å². The van der Waals surface area contributed by atoms with Crippen LogP contribution in [0.3, 0.4) is 0 Å². The molecule has 0 saturated heterocycles. The van der Waals surface area contributed by atoms with E-state index in [0.717, 1.165) is 0 Å². The number of alkyl halides is 1. The van der Waals surface area contributed by atoms with Crippen molar-refractivity contribution in [1.29, 1.82) is 0 Å². The first kappa shape index (κ1) is 10.9. The maximum Gasteiger partial charge on any atom is 0.251 e. The van der Waals surface area contributed by atoms with Crippen molar-refractivity contribution in [3.63, 3.8) is 0 Å². The topological polar surface area (TPSA) is 49.3 Å². The first-order chi connectivity index (χ1) is 7.65. The van der Waals surface area contributed by atoms with Crippen molar-refractivity contribution in [1.82, 2.24) is 5.32 Å². The van der Waals surface area contributed by atoms with Crippen molar-refractivity contribution in [2.24, 2.45) is 0 Å². The molecule has 0 heterocycles. The zero-order valence-electron chi connectivity index (χ0n) is 8.82. The Labute approximate surface area is 93.3 Å². The van der Waals surface area contributed by atoms with Gasteiger partial charge in [0.1, 0.15) is 11.9 Å². The van der Waals surface area contributed by atoms with Crippen molar-refractivity contribution in [3.05, 3.63) is 29.8 Å². The molecule has 0 radical (unpaired) electrons. The molecular weight excluding hydrogens is 209 g/mol. The Morgan fingerprint density at radius 3 is 2.88 bits per heavy atom. The zero-order valence-corrected chi connectivity index (χ0v) is 8.82. The maximum absolute atomic E-state index is 12.9. The Morgan fingerprint density at radius 2 is 2.25 bits per heavy atom. The van der Waals surface area contributed by atoms with E-state index in [1.807, 2.05) is 0 Å². The molecule has 0 aliphatic heterocycles. The third kappa shape index (κ3) is 2.51. The number of hydrogen-bond donors (Lipinski definition) is 2. The minimum atomic E-state index is -0.797. The van der Waals surface area contributed by atoms with Crippen LogP contribution in [0.1, 0.15) is 29.6 Å². The number of nitrogens with one attached hydrogen (secondary N) is 1. The van der Waals surface area contributed by atoms with Gasteiger partial charge in [-0.1, -0.05) is 6.07 Å². The average Bonchev–Trinajstić information content (AvgIpc) is 2.64. The lowest BCUT2D eigenvalue weighted by molar-refractivity contribution is 0.0936. The summed E-state index contributed by atoms with van der Waals surface area (Å²) in [6.45, 7) is 0. The molecule has 1 aromatic rings. The van der Waals surface area contributed by atoms with Crippen molar-refractivity contribution < 1.29 is 14.3 Å². The second kappa shape index (κ2) is 4.51. The van der Waals surface area contributed by atoms with E-state index in [0.29, 0.717) is 24.8 Å². The van der Waals surface area contributed by atoms with E-state index in [1.54, 1.807) is 12.1 Å². The molecule has 1 aliphatic carbocycles. The summed E-state index contributed by atoms with van der Waals surface area (Å²) < 4.78 is 12.9. The van der Waals surface area contributed by atoms with Crippen LogP contribution >= 0.6 is 0 Å². The fraction of sp³-hybridized carbons (Fsp3) is 0.417. The first-order valence-corrected chi connectivity index (χ1v) is 5.39. The van der Waals surface area contributed by atoms with Crippen LogP contribution < -0.4 is 5.32 Å². The number of phenols is 1. The highest BCUT2D eigenvalue weighted by Gasteiger charge is 2.25. The van der Waals surface area contributed by atoms with Crippen LogP contribution in [-0.2, 0) is 0 Å². The Morgan fingerprint density at radius 1 is 1.44 bits per heavy atom. The van der Waals surface area contributed by atoms with Gasteiger partial charge in [-0.3, -0.25) is 4.79 Å². The predicted molar refractivity (Wildman–Crippen MR) is 58.1 cm³/mol. The summed E-state index contributed by atoms with van der Waals surface area (Å²) in [6.07, 6.45) is 0.802. The average molecular weight is 223 g/mol. The summed E-state index contributed by atoms with van der Waals surface area (Å²) in [5, 5.41) is 12.0. The molecule has 0 unspecified atom stereocenters. The standard InChI is InChI=1S/C12H14FNO2/c13-9-4-5-10(7-9)14-12(16)8-2-1-3-11(15)6-8/h1-3,6,9-10,15H,4-5,7H2,(H,14,16)/t9-,10+/m0/s1. The van der Waals surface area contributed by atoms with E-state index < -0.39 is 6.17 Å². The smallest absolute Gasteiger partial charge is 0.251 e. The van der Waals surface area contributed by atoms with Crippen LogP contribution in [0.15, 0.2) is 24.3 Å². The molecule has 0 aromatic heterocycles. The third-order valence-corrected chi connectivity index (χ3v) is 2.81. The monoisotopic (exact) mass is 223 g/mol. The van der Waals surface area contributed by atoms with Gasteiger partial charge in [0.15, 0.2) is 0 Å². The number of amides is 1. The summed E-state index contributed by atoms with van der Waals surface area (Å²) in [4.78, 5) is 11.7. The molecule has 1 saturated carbocycles. The quantitative estimate of drug-likeness (QED) is 0.805. The Balaban J connectivity index is 1.98. The minimum Gasteiger partial charge on any atom is -0.508 e. The molecule has 3 nitrogen and oxygen atoms in total. The van der Waals surface area contributed by atoms with E-state index >= 15 is 0 Å². The second-order valence-electron chi connectivity index (χ2n) is 4.13. The zero-order chi connectivity index (χ0) is 11.5. The summed E-state index contributed by atoms with van der Waals surface area (Å²) in [7, 11) is 0. The van der Waals surface area contributed by atoms with Gasteiger partial charge in [-0.25, -0.2) is 4.39 Å². The van der Waals surface area contributed by atoms with E-state index in [2.05, 4.69) is 5.32 Å². The van der Waals surface area contributed by atoms with E-state index in [1.165, 1.54) is 12.1 Å². The highest BCUT2D eigenvalue weighted by molar-refractivity contribution is 5.94. The number of rotatable bonds is 2. The predicted octanol–water partition coefficient (Wildman–Crippen LogP) is 2.01. The van der Waals surface area contributed by atoms with Gasteiger partial charge >= 0.3 is 0 Å². The minimum absolute atomic E-state index is 0.0578. The molecule has 0 bridgehead atoms. The van der Waals surface area contributed by atoms with Crippen LogP contribution in [0, 0.1) is 0 Å². The lowest BCUT2D eigenvalue weighted by Crippen LogP contribution is -2.32. The second-order valence-corrected chi connectivity index (χ2v) is 4.13. The lowest BCUT2D eigenvalue weighted by Gasteiger charge is -2.11. The van der Waals surface area contributed by atoms with Gasteiger partial charge in [0, 0.05) is 11.6 Å². The third-order valence-electron chi connectivity index (χ3n) is 2.81. The Bertz CT molecular complexity index is 394. The highest BCUT2D eigenvalue weighted by Crippen LogP contribution is 2.22. The number of carbonyl (C=O) groups is 1. The lowest BCUT2D eigenvalue weighted by atomic mass is 10.1. The van der Waals surface area contributed by atoms with Crippen LogP contribution in [-0.4, -0.2) is 23.2 Å². The summed E-state index contributed by atoms with van der Waals surface area (Å²) in [6, 6.07) is 6.06. The summed E-state index contributed by atoms with van der Waals surface area (Å²) in [5.74, 6) is -0.197. The summed E-state index contributed by atoms with van der Waals surface area (Å²) >= 11 is 0. The maximum atomic E-state index is 12.9. The molecule has 1 aromatic carbocycles. The van der Waals surface area contributed by atoms with Crippen LogP contribution in [0.4, 0.5) is 4.39 Å². The van der Waals surface area contributed by atoms with Crippen molar-refractivity contribution in [2.75, 3.05) is 0 Å². The van der Waals surface area contributed by atoms with Gasteiger partial charge in [0.2, 0.25) is 0 Å². The van der Waals surface area contributed by atoms with Gasteiger partial charge in [-0.05, 0) is 37.5 Å². The van der Waals surface area contributed by atoms with E-state index in [-0.39, 0.29) is 17.7 Å². The largest absolute Gasteiger partial charge is 0.508 e. The molecule has 2 atom stereocenters. The van der Waals surface area contributed by atoms with Crippen LogP contribution in [0.2, 0.25) is 0 Å². The van der Waals surface area contributed by atoms with Crippen LogP contribution in [0.5, 0.6) is 5.75 Å². The molecule has 2 N–H and O–H groups in total. The molecule has 0 spiro atoms. The highest BCUT2D eigenvalue weighted by atomic mass is 19.1. The SMILES string of the molecule is O=C(N[C@@H]1CC[C@H](F)C1)c1cccc(O)c1. The number of carbonyl (C=O) groups excluding carboxylic acids is 1. The van der Waals surface area contributed by atoms with Crippen molar-refractivity contribution in [3.8, 4) is 5.75 Å². The van der Waals surface area contributed by atoms with Gasteiger partial charge < -0.3 is 10.4 Å². The molecule has 2 rings (SSSR count). The molecule has 1 aliphatic rings. The molecule has 1 fully saturated rings. The summed E-state index contributed by atoms with van der Waals surface area (Å²) in [5.41, 5.74) is 0.405. The fourth-order valence-corrected chi connectivity index (χ4v) is 1.97. The van der Waals surface area contributed by atoms with E-state index in [4.69, 9.17) is 0 Å². The van der Waals surface area contributed by atoms with Gasteiger partial charge in [0.05, 0.1) is 0 Å². The van der Waals surface area contributed by atoms with E-state index in [9.17, 15) is 14.3 Å².